The third-order valence-corrected chi connectivity index (χ3v) is 11.7. The van der Waals surface area contributed by atoms with Crippen molar-refractivity contribution in [1.82, 2.24) is 0 Å². The minimum Gasteiger partial charge on any atom is -0.414 e. The zero-order chi connectivity index (χ0) is 19.5. The fourth-order valence-electron chi connectivity index (χ4n) is 5.40. The van der Waals surface area contributed by atoms with Crippen LogP contribution in [-0.2, 0) is 14.0 Å². The van der Waals surface area contributed by atoms with Crippen molar-refractivity contribution in [3.05, 3.63) is 0 Å². The number of unbranched alkanes of at least 4 members (excludes halogenated alkanes) is 3. The number of rotatable bonds is 12. The predicted molar refractivity (Wildman–Crippen MR) is 111 cm³/mol. The number of ether oxygens (including phenoxy) is 1. The summed E-state index contributed by atoms with van der Waals surface area (Å²) in [4.78, 5) is 11.8. The Morgan fingerprint density at radius 2 is 1.46 bits per heavy atom. The summed E-state index contributed by atoms with van der Waals surface area (Å²) in [6, 6.07) is 3.91. The fraction of sp³-hybridized carbons (Fsp3) is 0.955. The van der Waals surface area contributed by atoms with Gasteiger partial charge >= 0.3 is 0 Å². The second kappa shape index (κ2) is 8.44. The first-order valence-corrected chi connectivity index (χ1v) is 13.6. The molecule has 26 heavy (non-hydrogen) atoms. The molecule has 3 nitrogen and oxygen atoms in total. The average Bonchev–Trinajstić information content (AvgIpc) is 3.22. The van der Waals surface area contributed by atoms with E-state index in [2.05, 4.69) is 41.5 Å². The van der Waals surface area contributed by atoms with Crippen molar-refractivity contribution in [2.45, 2.75) is 128 Å². The molecule has 0 aromatic carbocycles. The smallest absolute Gasteiger partial charge is 0.193 e. The Morgan fingerprint density at radius 3 is 1.85 bits per heavy atom. The number of hydrogen-bond donors (Lipinski definition) is 0. The number of carbonyl (C=O) groups excluding carboxylic acids is 1. The lowest BCUT2D eigenvalue weighted by molar-refractivity contribution is -0.117. The molecule has 0 radical (unpaired) electrons. The minimum absolute atomic E-state index is 0.146. The van der Waals surface area contributed by atoms with Crippen LogP contribution in [0.2, 0.25) is 18.1 Å². The minimum atomic E-state index is -1.73. The van der Waals surface area contributed by atoms with Gasteiger partial charge in [0.25, 0.3) is 0 Å². The van der Waals surface area contributed by atoms with Gasteiger partial charge in [-0.25, -0.2) is 0 Å². The van der Waals surface area contributed by atoms with E-state index in [1.54, 1.807) is 0 Å². The van der Waals surface area contributed by atoms with E-state index >= 15 is 0 Å². The molecule has 0 N–H and O–H groups in total. The van der Waals surface area contributed by atoms with E-state index in [1.807, 2.05) is 0 Å². The number of epoxide rings is 1. The summed E-state index contributed by atoms with van der Waals surface area (Å²) >= 11 is 0. The zero-order valence-electron chi connectivity index (χ0n) is 18.2. The van der Waals surface area contributed by atoms with Gasteiger partial charge in [0.15, 0.2) is 20.2 Å². The van der Waals surface area contributed by atoms with E-state index in [-0.39, 0.29) is 17.1 Å². The van der Waals surface area contributed by atoms with Gasteiger partial charge in [-0.2, -0.15) is 0 Å². The Hall–Kier alpha value is -0.193. The van der Waals surface area contributed by atoms with Gasteiger partial charge in [-0.3, -0.25) is 4.79 Å². The summed E-state index contributed by atoms with van der Waals surface area (Å²) in [5.74, 6) is 0. The summed E-state index contributed by atoms with van der Waals surface area (Å²) in [5, 5.41) is 0. The first-order chi connectivity index (χ1) is 12.2. The Bertz CT molecular complexity index is 456. The third-order valence-electron chi connectivity index (χ3n) is 7.03. The van der Waals surface area contributed by atoms with E-state index in [4.69, 9.17) is 9.16 Å². The van der Waals surface area contributed by atoms with Crippen molar-refractivity contribution in [3.8, 4) is 0 Å². The fourth-order valence-corrected chi connectivity index (χ4v) is 10.4. The predicted octanol–water partition coefficient (Wildman–Crippen LogP) is 6.26. The third kappa shape index (κ3) is 4.12. The van der Waals surface area contributed by atoms with Gasteiger partial charge in [0.1, 0.15) is 5.60 Å². The molecule has 1 saturated heterocycles. The molecule has 0 amide bonds. The highest BCUT2D eigenvalue weighted by Gasteiger charge is 2.76. The van der Waals surface area contributed by atoms with Gasteiger partial charge in [-0.15, -0.1) is 0 Å². The van der Waals surface area contributed by atoms with Crippen LogP contribution in [0.4, 0.5) is 0 Å². The topological polar surface area (TPSA) is 38.8 Å². The molecule has 3 atom stereocenters. The number of fused-ring (bicyclic) bond motifs is 1. The van der Waals surface area contributed by atoms with E-state index in [9.17, 15) is 4.79 Å². The molecule has 152 valence electrons. The van der Waals surface area contributed by atoms with E-state index < -0.39 is 13.9 Å². The molecule has 1 aliphatic carbocycles. The van der Waals surface area contributed by atoms with E-state index in [0.29, 0.717) is 0 Å². The molecule has 4 heteroatoms. The molecule has 0 unspecified atom stereocenters. The SMILES string of the molecule is CCCC[Si](CCCC)(CCCC)O[C@@H]1CC(C)(C)[C@]2(C=O)O[C@]2(C)C1. The standard InChI is InChI=1S/C22H42O3Si/c1-7-10-13-26(14-11-8-2,15-12-9-3)24-19-16-20(4,5)22(18-23)21(6,17-19)25-22/h18-19H,7-17H2,1-6H3/t19-,21-,22+/m1/s1. The molecule has 0 aromatic heterocycles. The maximum absolute atomic E-state index is 11.8. The van der Waals surface area contributed by atoms with Crippen LogP contribution in [0.15, 0.2) is 0 Å². The molecule has 1 aliphatic heterocycles. The zero-order valence-corrected chi connectivity index (χ0v) is 19.2. The second-order valence-electron chi connectivity index (χ2n) is 9.71. The monoisotopic (exact) mass is 382 g/mol. The van der Waals surface area contributed by atoms with Crippen LogP contribution in [0.3, 0.4) is 0 Å². The van der Waals surface area contributed by atoms with Crippen molar-refractivity contribution < 1.29 is 14.0 Å². The molecule has 1 saturated carbocycles. The lowest BCUT2D eigenvalue weighted by Crippen LogP contribution is -2.52. The second-order valence-corrected chi connectivity index (χ2v) is 13.8. The van der Waals surface area contributed by atoms with Crippen molar-refractivity contribution in [1.29, 1.82) is 0 Å². The average molecular weight is 383 g/mol. The van der Waals surface area contributed by atoms with Crippen LogP contribution in [0.1, 0.15) is 92.9 Å². The van der Waals surface area contributed by atoms with Crippen LogP contribution in [0.25, 0.3) is 0 Å². The largest absolute Gasteiger partial charge is 0.414 e. The van der Waals surface area contributed by atoms with E-state index in [0.717, 1.165) is 19.1 Å². The maximum Gasteiger partial charge on any atom is 0.193 e. The molecule has 0 aromatic rings. The molecule has 1 heterocycles. The van der Waals surface area contributed by atoms with Crippen molar-refractivity contribution in [2.75, 3.05) is 0 Å². The number of hydrogen-bond acceptors (Lipinski definition) is 3. The molecular formula is C22H42O3Si. The quantitative estimate of drug-likeness (QED) is 0.227. The Balaban J connectivity index is 2.17. The molecule has 0 bridgehead atoms. The van der Waals surface area contributed by atoms with Crippen molar-refractivity contribution in [3.63, 3.8) is 0 Å². The lowest BCUT2D eigenvalue weighted by Gasteiger charge is -2.44. The summed E-state index contributed by atoms with van der Waals surface area (Å²) < 4.78 is 13.2. The molecule has 2 aliphatic rings. The van der Waals surface area contributed by atoms with Gasteiger partial charge < -0.3 is 9.16 Å². The van der Waals surface area contributed by atoms with Crippen molar-refractivity contribution in [2.24, 2.45) is 5.41 Å². The maximum atomic E-state index is 11.8. The Morgan fingerprint density at radius 1 is 0.962 bits per heavy atom. The van der Waals surface area contributed by atoms with Crippen LogP contribution in [0, 0.1) is 5.41 Å². The Labute approximate surface area is 162 Å². The van der Waals surface area contributed by atoms with Gasteiger partial charge in [0.2, 0.25) is 0 Å². The molecule has 0 spiro atoms. The van der Waals surface area contributed by atoms with Crippen LogP contribution in [0.5, 0.6) is 0 Å². The van der Waals surface area contributed by atoms with Gasteiger partial charge in [-0.1, -0.05) is 73.1 Å². The van der Waals surface area contributed by atoms with E-state index in [1.165, 1.54) is 56.7 Å². The molecule has 2 fully saturated rings. The lowest BCUT2D eigenvalue weighted by atomic mass is 9.64. The van der Waals surface area contributed by atoms with Crippen LogP contribution >= 0.6 is 0 Å². The highest BCUT2D eigenvalue weighted by atomic mass is 28.4. The highest BCUT2D eigenvalue weighted by molar-refractivity contribution is 6.73. The van der Waals surface area contributed by atoms with Gasteiger partial charge in [0, 0.05) is 17.9 Å². The highest BCUT2D eigenvalue weighted by Crippen LogP contribution is 2.64. The molecule has 2 rings (SSSR count). The van der Waals surface area contributed by atoms with Crippen LogP contribution < -0.4 is 0 Å². The summed E-state index contributed by atoms with van der Waals surface area (Å²) in [6.07, 6.45) is 10.8. The summed E-state index contributed by atoms with van der Waals surface area (Å²) in [6.45, 7) is 13.4. The summed E-state index contributed by atoms with van der Waals surface area (Å²) in [5.41, 5.74) is -1.05. The first-order valence-electron chi connectivity index (χ1n) is 11.1. The Kier molecular flexibility index (Phi) is 7.18. The number of carbonyl (C=O) groups is 1. The van der Waals surface area contributed by atoms with Gasteiger partial charge in [0.05, 0.1) is 0 Å². The number of aldehydes is 1. The van der Waals surface area contributed by atoms with Crippen molar-refractivity contribution >= 4 is 14.6 Å². The molecular weight excluding hydrogens is 340 g/mol. The first kappa shape index (κ1) is 22.1. The van der Waals surface area contributed by atoms with Gasteiger partial charge in [-0.05, 0) is 31.5 Å². The summed E-state index contributed by atoms with van der Waals surface area (Å²) in [7, 11) is -1.73. The van der Waals surface area contributed by atoms with Crippen LogP contribution in [-0.4, -0.2) is 31.9 Å². The normalized spacial score (nSPS) is 32.9.